The van der Waals surface area contributed by atoms with E-state index in [1.54, 1.807) is 0 Å². The van der Waals surface area contributed by atoms with Crippen molar-refractivity contribution in [2.75, 3.05) is 13.2 Å². The van der Waals surface area contributed by atoms with Crippen LogP contribution in [0.15, 0.2) is 36.5 Å². The van der Waals surface area contributed by atoms with Crippen molar-refractivity contribution in [2.24, 2.45) is 0 Å². The molecule has 0 rings (SSSR count). The van der Waals surface area contributed by atoms with Crippen molar-refractivity contribution >= 4 is 11.9 Å². The summed E-state index contributed by atoms with van der Waals surface area (Å²) in [7, 11) is 0. The van der Waals surface area contributed by atoms with E-state index in [1.807, 2.05) is 0 Å². The number of aliphatic hydroxyl groups is 2. The summed E-state index contributed by atoms with van der Waals surface area (Å²) < 4.78 is 5.49. The fraction of sp³-hybridized carbons (Fsp3) is 0.875. The lowest BCUT2D eigenvalue weighted by Gasteiger charge is -2.22. The number of allylic oxidation sites excluding steroid dienone is 6. The highest BCUT2D eigenvalue weighted by Gasteiger charge is 2.20. The van der Waals surface area contributed by atoms with Gasteiger partial charge in [0.15, 0.2) is 0 Å². The van der Waals surface area contributed by atoms with E-state index in [1.165, 1.54) is 250 Å². The van der Waals surface area contributed by atoms with Crippen LogP contribution in [0, 0.1) is 0 Å². The Hall–Kier alpha value is -1.92. The predicted molar refractivity (Wildman–Crippen MR) is 306 cm³/mol. The Bertz CT molecular complexity index is 1130. The number of amides is 1. The fourth-order valence-electron chi connectivity index (χ4n) is 9.61. The van der Waals surface area contributed by atoms with Crippen molar-refractivity contribution < 1.29 is 24.5 Å². The van der Waals surface area contributed by atoms with Crippen LogP contribution < -0.4 is 5.32 Å². The second kappa shape index (κ2) is 59.6. The van der Waals surface area contributed by atoms with Crippen LogP contribution in [0.2, 0.25) is 0 Å². The molecule has 0 fully saturated rings. The average Bonchev–Trinajstić information content (AvgIpc) is 3.36. The number of carbonyl (C=O) groups is 2. The highest BCUT2D eigenvalue weighted by atomic mass is 16.5. The Kier molecular flexibility index (Phi) is 58.0. The maximum atomic E-state index is 12.4. The molecule has 2 atom stereocenters. The average molecular weight is 985 g/mol. The molecule has 70 heavy (non-hydrogen) atoms. The molecule has 3 N–H and O–H groups in total. The third-order valence-corrected chi connectivity index (χ3v) is 14.4. The first-order chi connectivity index (χ1) is 34.5. The third-order valence-electron chi connectivity index (χ3n) is 14.4. The molecule has 0 aliphatic carbocycles. The first kappa shape index (κ1) is 68.1. The minimum Gasteiger partial charge on any atom is -0.466 e. The van der Waals surface area contributed by atoms with Gasteiger partial charge in [-0.15, -0.1) is 0 Å². The Morgan fingerprint density at radius 1 is 0.400 bits per heavy atom. The van der Waals surface area contributed by atoms with Gasteiger partial charge >= 0.3 is 5.97 Å². The Balaban J connectivity index is 3.40. The minimum absolute atomic E-state index is 0.00606. The third kappa shape index (κ3) is 55.4. The summed E-state index contributed by atoms with van der Waals surface area (Å²) in [6.45, 7) is 4.94. The molecule has 0 spiro atoms. The van der Waals surface area contributed by atoms with Crippen LogP contribution in [-0.4, -0.2) is 47.4 Å². The van der Waals surface area contributed by atoms with Crippen LogP contribution in [0.3, 0.4) is 0 Å². The maximum Gasteiger partial charge on any atom is 0.305 e. The first-order valence-electron chi connectivity index (χ1n) is 31.2. The van der Waals surface area contributed by atoms with Crippen LogP contribution in [0.4, 0.5) is 0 Å². The lowest BCUT2D eigenvalue weighted by atomic mass is 10.0. The number of hydrogen-bond acceptors (Lipinski definition) is 5. The molecule has 412 valence electrons. The van der Waals surface area contributed by atoms with Gasteiger partial charge in [0.05, 0.1) is 25.4 Å². The van der Waals surface area contributed by atoms with Crippen molar-refractivity contribution in [3.8, 4) is 0 Å². The zero-order valence-electron chi connectivity index (χ0n) is 47.0. The molecule has 0 aromatic rings. The molecule has 6 heteroatoms. The number of hydrogen-bond donors (Lipinski definition) is 3. The van der Waals surface area contributed by atoms with E-state index in [9.17, 15) is 19.8 Å². The van der Waals surface area contributed by atoms with Gasteiger partial charge in [-0.1, -0.05) is 275 Å². The molecule has 0 aliphatic heterocycles. The number of ether oxygens (including phenoxy) is 1. The van der Waals surface area contributed by atoms with Gasteiger partial charge in [0.2, 0.25) is 5.91 Å². The number of unbranched alkanes of at least 4 members (excludes halogenated alkanes) is 41. The van der Waals surface area contributed by atoms with Crippen LogP contribution in [0.5, 0.6) is 0 Å². The summed E-state index contributed by atoms with van der Waals surface area (Å²) in [5.41, 5.74) is 0. The summed E-state index contributed by atoms with van der Waals surface area (Å²) in [5.74, 6) is -0.0364. The van der Waals surface area contributed by atoms with Crippen molar-refractivity contribution in [3.05, 3.63) is 36.5 Å². The van der Waals surface area contributed by atoms with Crippen LogP contribution in [0.1, 0.15) is 335 Å². The van der Waals surface area contributed by atoms with E-state index < -0.39 is 12.1 Å². The van der Waals surface area contributed by atoms with E-state index in [2.05, 4.69) is 55.6 Å². The number of carbonyl (C=O) groups excluding carboxylic acids is 2. The molecule has 0 saturated carbocycles. The first-order valence-corrected chi connectivity index (χ1v) is 31.2. The number of rotatable bonds is 58. The molecule has 0 saturated heterocycles. The lowest BCUT2D eigenvalue weighted by Crippen LogP contribution is -2.45. The Morgan fingerprint density at radius 3 is 1.10 bits per heavy atom. The van der Waals surface area contributed by atoms with Gasteiger partial charge in [0.1, 0.15) is 0 Å². The highest BCUT2D eigenvalue weighted by Crippen LogP contribution is 2.17. The van der Waals surface area contributed by atoms with Gasteiger partial charge < -0.3 is 20.3 Å². The zero-order valence-corrected chi connectivity index (χ0v) is 47.0. The molecule has 0 aromatic heterocycles. The van der Waals surface area contributed by atoms with E-state index in [0.29, 0.717) is 25.9 Å². The van der Waals surface area contributed by atoms with Gasteiger partial charge in [-0.3, -0.25) is 9.59 Å². The molecule has 0 radical (unpaired) electrons. The van der Waals surface area contributed by atoms with E-state index in [-0.39, 0.29) is 18.5 Å². The molecule has 1 amide bonds. The normalized spacial score (nSPS) is 12.8. The molecule has 0 bridgehead atoms. The van der Waals surface area contributed by atoms with Crippen LogP contribution in [0.25, 0.3) is 0 Å². The molecule has 0 aromatic carbocycles. The second-order valence-corrected chi connectivity index (χ2v) is 21.4. The van der Waals surface area contributed by atoms with Crippen molar-refractivity contribution in [1.29, 1.82) is 0 Å². The highest BCUT2D eigenvalue weighted by molar-refractivity contribution is 5.76. The topological polar surface area (TPSA) is 95.9 Å². The standard InChI is InChI=1S/C64H121NO5/c1-3-5-7-9-11-13-15-16-17-18-29-32-35-38-42-46-50-54-58-64(69)70-59-55-51-47-43-39-36-33-30-27-25-23-21-19-20-22-24-26-28-31-34-37-41-45-49-53-57-63(68)65-61(60-66)62(67)56-52-48-44-40-14-12-10-8-6-4-2/h17-18,20-23,61-62,66-67H,3-16,19,24-60H2,1-2H3,(H,65,68)/b18-17-,22-20-,23-21-. The molecule has 6 nitrogen and oxygen atoms in total. The Labute approximate surface area is 436 Å². The molecule has 0 aliphatic rings. The molecule has 2 unspecified atom stereocenters. The largest absolute Gasteiger partial charge is 0.466 e. The van der Waals surface area contributed by atoms with Crippen LogP contribution >= 0.6 is 0 Å². The van der Waals surface area contributed by atoms with Gasteiger partial charge in [-0.25, -0.2) is 0 Å². The SMILES string of the molecule is CCCCCCCCC/C=C\CCCCCCCCCC(=O)OCCCCCCCCCCC/C=C\C/C=C\CCCCCCCCCCCC(=O)NC(CO)C(O)CCCCCCCCCCCC. The van der Waals surface area contributed by atoms with Gasteiger partial charge in [-0.2, -0.15) is 0 Å². The molecular weight excluding hydrogens is 863 g/mol. The summed E-state index contributed by atoms with van der Waals surface area (Å²) in [6, 6.07) is -0.545. The zero-order chi connectivity index (χ0) is 50.7. The summed E-state index contributed by atoms with van der Waals surface area (Å²) >= 11 is 0. The summed E-state index contributed by atoms with van der Waals surface area (Å²) in [4.78, 5) is 24.5. The summed E-state index contributed by atoms with van der Waals surface area (Å²) in [5, 5.41) is 23.1. The van der Waals surface area contributed by atoms with Gasteiger partial charge in [0, 0.05) is 12.8 Å². The quantitative estimate of drug-likeness (QED) is 0.0321. The van der Waals surface area contributed by atoms with E-state index >= 15 is 0 Å². The second-order valence-electron chi connectivity index (χ2n) is 21.4. The van der Waals surface area contributed by atoms with Crippen molar-refractivity contribution in [2.45, 2.75) is 347 Å². The fourth-order valence-corrected chi connectivity index (χ4v) is 9.61. The minimum atomic E-state index is -0.667. The number of esters is 1. The van der Waals surface area contributed by atoms with E-state index in [0.717, 1.165) is 51.4 Å². The summed E-state index contributed by atoms with van der Waals surface area (Å²) in [6.07, 6.45) is 74.5. The molecular formula is C64H121NO5. The Morgan fingerprint density at radius 2 is 0.714 bits per heavy atom. The number of nitrogens with one attached hydrogen (secondary N) is 1. The van der Waals surface area contributed by atoms with Crippen molar-refractivity contribution in [3.63, 3.8) is 0 Å². The smallest absolute Gasteiger partial charge is 0.305 e. The number of aliphatic hydroxyl groups excluding tert-OH is 2. The maximum absolute atomic E-state index is 12.4. The predicted octanol–water partition coefficient (Wildman–Crippen LogP) is 19.6. The van der Waals surface area contributed by atoms with Gasteiger partial charge in [-0.05, 0) is 83.5 Å². The molecule has 0 heterocycles. The van der Waals surface area contributed by atoms with Crippen LogP contribution in [-0.2, 0) is 14.3 Å². The lowest BCUT2D eigenvalue weighted by molar-refractivity contribution is -0.143. The van der Waals surface area contributed by atoms with Crippen molar-refractivity contribution in [1.82, 2.24) is 5.32 Å². The van der Waals surface area contributed by atoms with Gasteiger partial charge in [0.25, 0.3) is 0 Å². The van der Waals surface area contributed by atoms with E-state index in [4.69, 9.17) is 4.74 Å². The monoisotopic (exact) mass is 984 g/mol.